The maximum Gasteiger partial charge on any atom is 0.161 e. The molecule has 1 aromatic heterocycles. The number of nitrogens with zero attached hydrogens (tertiary/aromatic N) is 2. The van der Waals surface area contributed by atoms with Gasteiger partial charge in [0.05, 0.1) is 19.9 Å². The molecule has 1 aliphatic heterocycles. The molecule has 2 aromatic carbocycles. The van der Waals surface area contributed by atoms with Crippen molar-refractivity contribution in [2.45, 2.75) is 39.2 Å². The maximum atomic E-state index is 6.14. The molecule has 1 N–H and O–H groups in total. The number of aromatic nitrogens is 1. The molecule has 5 rings (SSSR count). The molecular weight excluding hydrogens is 430 g/mol. The lowest BCUT2D eigenvalue weighted by atomic mass is 10.1. The smallest absolute Gasteiger partial charge is 0.161 e. The van der Waals surface area contributed by atoms with Crippen LogP contribution in [-0.4, -0.2) is 61.7 Å². The zero-order valence-corrected chi connectivity index (χ0v) is 20.7. The topological polar surface area (TPSA) is 68.3 Å². The largest absolute Gasteiger partial charge is 0.493 e. The molecule has 0 bridgehead atoms. The number of likely N-dealkylation sites (tertiary alicyclic amines) is 1. The summed E-state index contributed by atoms with van der Waals surface area (Å²) in [6, 6.07) is 10.2. The molecule has 0 amide bonds. The first-order valence-electron chi connectivity index (χ1n) is 11.9. The summed E-state index contributed by atoms with van der Waals surface area (Å²) < 4.78 is 17.3. The Labute approximate surface area is 200 Å². The minimum Gasteiger partial charge on any atom is -0.493 e. The number of nitrogens with one attached hydrogen (secondary N) is 1. The molecule has 0 saturated carbocycles. The molecule has 180 valence electrons. The Morgan fingerprint density at radius 3 is 2.35 bits per heavy atom. The Kier molecular flexibility index (Phi) is 5.90. The molecule has 34 heavy (non-hydrogen) atoms. The van der Waals surface area contributed by atoms with Crippen molar-refractivity contribution in [2.75, 3.05) is 40.5 Å². The summed E-state index contributed by atoms with van der Waals surface area (Å²) in [5.41, 5.74) is 5.36. The van der Waals surface area contributed by atoms with Crippen LogP contribution in [0.4, 0.5) is 0 Å². The molecule has 1 saturated heterocycles. The number of H-pyrrole nitrogens is 1. The molecule has 0 radical (unpaired) electrons. The maximum absolute atomic E-state index is 6.14. The SMILES string of the molecule is COc1cc2c(cc1OC)-c1[nH]c3ccc(OCCN4CCCC4)cc3c1C2=NOC(C)(C)C. The minimum absolute atomic E-state index is 0.414. The molecule has 1 fully saturated rings. The van der Waals surface area contributed by atoms with Crippen LogP contribution in [0.5, 0.6) is 17.2 Å². The first kappa shape index (κ1) is 22.6. The van der Waals surface area contributed by atoms with Crippen LogP contribution in [0.25, 0.3) is 22.2 Å². The van der Waals surface area contributed by atoms with Gasteiger partial charge in [-0.05, 0) is 77.0 Å². The van der Waals surface area contributed by atoms with Crippen molar-refractivity contribution in [1.82, 2.24) is 9.88 Å². The zero-order chi connectivity index (χ0) is 23.9. The summed E-state index contributed by atoms with van der Waals surface area (Å²) in [6.07, 6.45) is 2.58. The zero-order valence-electron chi connectivity index (χ0n) is 20.7. The van der Waals surface area contributed by atoms with Gasteiger partial charge in [-0.25, -0.2) is 0 Å². The number of hydrogen-bond acceptors (Lipinski definition) is 6. The van der Waals surface area contributed by atoms with Gasteiger partial charge in [0.25, 0.3) is 0 Å². The standard InChI is InChI=1S/C27H33N3O4/c1-27(2,3)34-29-26-19-16-23(32-5)22(31-4)15-18(19)25-24(26)20-14-17(8-9-21(20)28-25)33-13-12-30-10-6-7-11-30/h8-9,14-16,28H,6-7,10-13H2,1-5H3. The lowest BCUT2D eigenvalue weighted by Gasteiger charge is -2.17. The van der Waals surface area contributed by atoms with Crippen molar-refractivity contribution in [2.24, 2.45) is 5.16 Å². The van der Waals surface area contributed by atoms with Crippen molar-refractivity contribution in [3.8, 4) is 28.5 Å². The monoisotopic (exact) mass is 463 g/mol. The number of methoxy groups -OCH3 is 2. The number of ether oxygens (including phenoxy) is 3. The summed E-state index contributed by atoms with van der Waals surface area (Å²) in [5, 5.41) is 5.68. The molecule has 2 aliphatic rings. The second-order valence-electron chi connectivity index (χ2n) is 9.88. The van der Waals surface area contributed by atoms with Gasteiger partial charge in [0, 0.05) is 34.1 Å². The van der Waals surface area contributed by atoms with E-state index in [-0.39, 0.29) is 0 Å². The van der Waals surface area contributed by atoms with E-state index >= 15 is 0 Å². The number of fused-ring (bicyclic) bond motifs is 5. The molecule has 1 aliphatic carbocycles. The molecule has 7 heteroatoms. The average Bonchev–Trinajstić information content (AvgIpc) is 3.52. The van der Waals surface area contributed by atoms with E-state index in [9.17, 15) is 0 Å². The highest BCUT2D eigenvalue weighted by Gasteiger charge is 2.32. The first-order chi connectivity index (χ1) is 16.4. The van der Waals surface area contributed by atoms with Crippen LogP contribution in [-0.2, 0) is 4.84 Å². The highest BCUT2D eigenvalue weighted by molar-refractivity contribution is 6.30. The van der Waals surface area contributed by atoms with Crippen LogP contribution in [0, 0.1) is 0 Å². The minimum atomic E-state index is -0.414. The predicted octanol–water partition coefficient (Wildman–Crippen LogP) is 5.21. The van der Waals surface area contributed by atoms with E-state index in [4.69, 9.17) is 19.0 Å². The third-order valence-corrected chi connectivity index (χ3v) is 6.34. The lowest BCUT2D eigenvalue weighted by molar-refractivity contribution is 0.00122. The lowest BCUT2D eigenvalue weighted by Crippen LogP contribution is -2.25. The van der Waals surface area contributed by atoms with Crippen LogP contribution in [0.1, 0.15) is 44.7 Å². The number of benzene rings is 2. The fraction of sp³-hybridized carbons (Fsp3) is 0.444. The van der Waals surface area contributed by atoms with Gasteiger partial charge in [0.1, 0.15) is 23.7 Å². The molecule has 7 nitrogen and oxygen atoms in total. The Morgan fingerprint density at radius 2 is 1.68 bits per heavy atom. The van der Waals surface area contributed by atoms with E-state index < -0.39 is 5.60 Å². The Morgan fingerprint density at radius 1 is 0.971 bits per heavy atom. The van der Waals surface area contributed by atoms with Crippen molar-refractivity contribution in [1.29, 1.82) is 0 Å². The Hall–Kier alpha value is -3.19. The molecule has 0 atom stereocenters. The fourth-order valence-electron chi connectivity index (χ4n) is 4.70. The summed E-state index contributed by atoms with van der Waals surface area (Å²) in [4.78, 5) is 11.9. The third-order valence-electron chi connectivity index (χ3n) is 6.34. The third kappa shape index (κ3) is 4.20. The number of aromatic amines is 1. The van der Waals surface area contributed by atoms with Gasteiger partial charge >= 0.3 is 0 Å². The molecule has 3 aromatic rings. The molecular formula is C27H33N3O4. The highest BCUT2D eigenvalue weighted by atomic mass is 16.6. The number of hydrogen-bond donors (Lipinski definition) is 1. The molecule has 2 heterocycles. The van der Waals surface area contributed by atoms with Gasteiger partial charge in [-0.3, -0.25) is 4.90 Å². The van der Waals surface area contributed by atoms with Crippen molar-refractivity contribution in [3.63, 3.8) is 0 Å². The van der Waals surface area contributed by atoms with E-state index in [1.165, 1.54) is 25.9 Å². The van der Waals surface area contributed by atoms with Crippen LogP contribution in [0.2, 0.25) is 0 Å². The molecule has 0 unspecified atom stereocenters. The normalized spacial score (nSPS) is 16.7. The van der Waals surface area contributed by atoms with Gasteiger partial charge in [-0.1, -0.05) is 5.16 Å². The quantitative estimate of drug-likeness (QED) is 0.381. The van der Waals surface area contributed by atoms with Crippen LogP contribution in [0.15, 0.2) is 35.5 Å². The summed E-state index contributed by atoms with van der Waals surface area (Å²) in [6.45, 7) is 9.96. The van der Waals surface area contributed by atoms with Gasteiger partial charge < -0.3 is 24.0 Å². The second-order valence-corrected chi connectivity index (χ2v) is 9.88. The van der Waals surface area contributed by atoms with Crippen molar-refractivity contribution in [3.05, 3.63) is 41.5 Å². The summed E-state index contributed by atoms with van der Waals surface area (Å²) in [7, 11) is 3.29. The van der Waals surface area contributed by atoms with Gasteiger partial charge in [-0.15, -0.1) is 0 Å². The Balaban J connectivity index is 1.55. The summed E-state index contributed by atoms with van der Waals surface area (Å²) in [5.74, 6) is 2.19. The van der Waals surface area contributed by atoms with Gasteiger partial charge in [-0.2, -0.15) is 0 Å². The van der Waals surface area contributed by atoms with Crippen molar-refractivity contribution >= 4 is 16.6 Å². The first-order valence-corrected chi connectivity index (χ1v) is 11.9. The van der Waals surface area contributed by atoms with Gasteiger partial charge in [0.15, 0.2) is 11.5 Å². The van der Waals surface area contributed by atoms with Gasteiger partial charge in [0.2, 0.25) is 0 Å². The number of oxime groups is 1. The average molecular weight is 464 g/mol. The van der Waals surface area contributed by atoms with E-state index in [1.54, 1.807) is 14.2 Å². The second kappa shape index (κ2) is 8.87. The van der Waals surface area contributed by atoms with E-state index in [1.807, 2.05) is 39.0 Å². The fourth-order valence-corrected chi connectivity index (χ4v) is 4.70. The van der Waals surface area contributed by atoms with Crippen LogP contribution in [0.3, 0.4) is 0 Å². The van der Waals surface area contributed by atoms with Crippen LogP contribution < -0.4 is 14.2 Å². The molecule has 0 spiro atoms. The summed E-state index contributed by atoms with van der Waals surface area (Å²) >= 11 is 0. The van der Waals surface area contributed by atoms with E-state index in [0.29, 0.717) is 18.1 Å². The number of rotatable bonds is 7. The highest BCUT2D eigenvalue weighted by Crippen LogP contribution is 2.46. The van der Waals surface area contributed by atoms with E-state index in [2.05, 4.69) is 27.2 Å². The van der Waals surface area contributed by atoms with Crippen molar-refractivity contribution < 1.29 is 19.0 Å². The predicted molar refractivity (Wildman–Crippen MR) is 134 cm³/mol. The Bertz CT molecular complexity index is 1230. The van der Waals surface area contributed by atoms with Crippen LogP contribution >= 0.6 is 0 Å². The van der Waals surface area contributed by atoms with E-state index in [0.717, 1.165) is 51.3 Å².